The number of pyridine rings is 1. The summed E-state index contributed by atoms with van der Waals surface area (Å²) in [5.41, 5.74) is 8.26. The number of likely N-dealkylation sites (tertiary alicyclic amines) is 1. The first kappa shape index (κ1) is 22.3. The Hall–Kier alpha value is -3.47. The highest BCUT2D eigenvalue weighted by atomic mass is 19.2. The highest BCUT2D eigenvalue weighted by molar-refractivity contribution is 5.75. The molecule has 4 heterocycles. The van der Waals surface area contributed by atoms with E-state index in [2.05, 4.69) is 44.4 Å². The minimum absolute atomic E-state index is 0.199. The minimum atomic E-state index is -0.975. The molecule has 2 aliphatic rings. The van der Waals surface area contributed by atoms with E-state index in [-0.39, 0.29) is 18.1 Å². The summed E-state index contributed by atoms with van der Waals surface area (Å²) in [5, 5.41) is 16.2. The number of aromatic nitrogens is 7. The van der Waals surface area contributed by atoms with Gasteiger partial charge < -0.3 is 10.6 Å². The summed E-state index contributed by atoms with van der Waals surface area (Å²) >= 11 is 0. The third-order valence-corrected chi connectivity index (χ3v) is 6.63. The van der Waals surface area contributed by atoms with E-state index in [1.165, 1.54) is 4.68 Å². The second-order valence-corrected chi connectivity index (χ2v) is 9.02. The first-order chi connectivity index (χ1) is 16.4. The van der Waals surface area contributed by atoms with Crippen molar-refractivity contribution < 1.29 is 8.78 Å². The van der Waals surface area contributed by atoms with Crippen molar-refractivity contribution >= 4 is 5.82 Å². The summed E-state index contributed by atoms with van der Waals surface area (Å²) in [5.74, 6) is -1.42. The molecule has 178 valence electrons. The predicted molar refractivity (Wildman–Crippen MR) is 124 cm³/mol. The number of tetrazole rings is 1. The Morgan fingerprint density at radius 2 is 1.91 bits per heavy atom. The molecule has 0 amide bonds. The molecule has 1 atom stereocenters. The summed E-state index contributed by atoms with van der Waals surface area (Å²) in [7, 11) is 0. The smallest absolute Gasteiger partial charge is 0.186 e. The van der Waals surface area contributed by atoms with E-state index in [0.717, 1.165) is 43.1 Å². The molecule has 0 saturated carbocycles. The maximum atomic E-state index is 14.5. The highest BCUT2D eigenvalue weighted by Gasteiger charge is 2.28. The zero-order chi connectivity index (χ0) is 23.8. The lowest BCUT2D eigenvalue weighted by Gasteiger charge is -2.34. The van der Waals surface area contributed by atoms with Gasteiger partial charge in [-0.3, -0.25) is 4.68 Å². The predicted octanol–water partition coefficient (Wildman–Crippen LogP) is 3.88. The van der Waals surface area contributed by atoms with Crippen molar-refractivity contribution in [2.75, 3.05) is 18.8 Å². The van der Waals surface area contributed by atoms with Gasteiger partial charge in [0.05, 0.1) is 17.8 Å². The van der Waals surface area contributed by atoms with E-state index in [4.69, 9.17) is 5.73 Å². The first-order valence-electron chi connectivity index (χ1n) is 11.5. The third kappa shape index (κ3) is 4.11. The maximum Gasteiger partial charge on any atom is 0.186 e. The monoisotopic (exact) mass is 467 g/mol. The van der Waals surface area contributed by atoms with E-state index >= 15 is 0 Å². The molecule has 11 heteroatoms. The van der Waals surface area contributed by atoms with Crippen LogP contribution in [0.2, 0.25) is 0 Å². The van der Waals surface area contributed by atoms with Crippen LogP contribution >= 0.6 is 0 Å². The SMILES string of the molecule is CC(C)N1CCC(n2cc(-c3cnc(N)c(-c4nnnn4C4CC=CC(F)=C4F)c3)cn2)CC1. The molecule has 0 bridgehead atoms. The lowest BCUT2D eigenvalue weighted by atomic mass is 10.0. The van der Waals surface area contributed by atoms with E-state index in [9.17, 15) is 8.78 Å². The number of halogens is 2. The van der Waals surface area contributed by atoms with Gasteiger partial charge in [0.1, 0.15) is 11.9 Å². The molecule has 1 unspecified atom stereocenters. The Morgan fingerprint density at radius 3 is 2.68 bits per heavy atom. The van der Waals surface area contributed by atoms with Gasteiger partial charge >= 0.3 is 0 Å². The minimum Gasteiger partial charge on any atom is -0.383 e. The lowest BCUT2D eigenvalue weighted by Crippen LogP contribution is -2.39. The van der Waals surface area contributed by atoms with Crippen molar-refractivity contribution in [3.8, 4) is 22.5 Å². The van der Waals surface area contributed by atoms with Crippen molar-refractivity contribution in [3.05, 3.63) is 48.5 Å². The molecular formula is C23H27F2N9. The fourth-order valence-electron chi connectivity index (χ4n) is 4.60. The van der Waals surface area contributed by atoms with Crippen LogP contribution in [0.5, 0.6) is 0 Å². The summed E-state index contributed by atoms with van der Waals surface area (Å²) in [6.45, 7) is 6.55. The molecule has 0 aromatic carbocycles. The number of nitrogen functional groups attached to an aromatic ring is 1. The number of nitrogens with two attached hydrogens (primary N) is 1. The van der Waals surface area contributed by atoms with Gasteiger partial charge in [-0.2, -0.15) is 5.10 Å². The van der Waals surface area contributed by atoms with E-state index in [0.29, 0.717) is 17.6 Å². The fourth-order valence-corrected chi connectivity index (χ4v) is 4.60. The van der Waals surface area contributed by atoms with Crippen LogP contribution < -0.4 is 5.73 Å². The van der Waals surface area contributed by atoms with Gasteiger partial charge in [-0.05, 0) is 55.7 Å². The first-order valence-corrected chi connectivity index (χ1v) is 11.5. The standard InChI is InChI=1S/C23H27F2N9/c1-14(2)32-8-6-17(7-9-32)33-13-16(12-28-33)15-10-18(22(26)27-11-15)23-29-30-31-34(23)20-5-3-4-19(24)21(20)25/h3-4,10-14,17,20H,5-9H2,1-2H3,(H2,26,27). The van der Waals surface area contributed by atoms with Crippen LogP contribution in [0, 0.1) is 0 Å². The molecule has 3 aromatic heterocycles. The van der Waals surface area contributed by atoms with Crippen LogP contribution in [-0.4, -0.2) is 59.0 Å². The summed E-state index contributed by atoms with van der Waals surface area (Å²) in [6, 6.07) is 1.73. The van der Waals surface area contributed by atoms with Crippen molar-refractivity contribution in [2.24, 2.45) is 0 Å². The topological polar surface area (TPSA) is 104 Å². The number of anilines is 1. The summed E-state index contributed by atoms with van der Waals surface area (Å²) in [6.07, 6.45) is 10.5. The zero-order valence-electron chi connectivity index (χ0n) is 19.1. The second-order valence-electron chi connectivity index (χ2n) is 9.02. The van der Waals surface area contributed by atoms with Crippen molar-refractivity contribution in [1.82, 2.24) is 39.9 Å². The molecule has 1 saturated heterocycles. The van der Waals surface area contributed by atoms with Crippen LogP contribution in [-0.2, 0) is 0 Å². The molecule has 34 heavy (non-hydrogen) atoms. The van der Waals surface area contributed by atoms with E-state index in [1.54, 1.807) is 18.5 Å². The van der Waals surface area contributed by atoms with Gasteiger partial charge in [0.2, 0.25) is 0 Å². The second kappa shape index (κ2) is 9.05. The number of allylic oxidation sites excluding steroid dienone is 4. The fraction of sp³-hybridized carbons (Fsp3) is 0.435. The van der Waals surface area contributed by atoms with Crippen LogP contribution in [0.4, 0.5) is 14.6 Å². The van der Waals surface area contributed by atoms with Crippen LogP contribution in [0.15, 0.2) is 48.5 Å². The largest absolute Gasteiger partial charge is 0.383 e. The lowest BCUT2D eigenvalue weighted by molar-refractivity contribution is 0.147. The van der Waals surface area contributed by atoms with Crippen molar-refractivity contribution in [3.63, 3.8) is 0 Å². The Morgan fingerprint density at radius 1 is 1.12 bits per heavy atom. The quantitative estimate of drug-likeness (QED) is 0.607. The zero-order valence-corrected chi connectivity index (χ0v) is 19.1. The summed E-state index contributed by atoms with van der Waals surface area (Å²) in [4.78, 5) is 6.79. The van der Waals surface area contributed by atoms with E-state index in [1.807, 2.05) is 16.9 Å². The van der Waals surface area contributed by atoms with Gasteiger partial charge in [-0.1, -0.05) is 6.08 Å². The van der Waals surface area contributed by atoms with E-state index < -0.39 is 17.7 Å². The van der Waals surface area contributed by atoms with Crippen LogP contribution in [0.25, 0.3) is 22.5 Å². The Balaban J connectivity index is 1.42. The normalized spacial score (nSPS) is 20.0. The van der Waals surface area contributed by atoms with Crippen LogP contribution in [0.3, 0.4) is 0 Å². The number of rotatable bonds is 5. The molecule has 0 radical (unpaired) electrons. The molecule has 3 aromatic rings. The van der Waals surface area contributed by atoms with Gasteiger partial charge in [-0.25, -0.2) is 18.4 Å². The number of piperidine rings is 1. The summed E-state index contributed by atoms with van der Waals surface area (Å²) < 4.78 is 31.6. The third-order valence-electron chi connectivity index (χ3n) is 6.63. The Labute approximate surface area is 196 Å². The average molecular weight is 468 g/mol. The van der Waals surface area contributed by atoms with Gasteiger partial charge in [0.25, 0.3) is 0 Å². The maximum absolute atomic E-state index is 14.5. The highest BCUT2D eigenvalue weighted by Crippen LogP contribution is 2.35. The van der Waals surface area contributed by atoms with Crippen molar-refractivity contribution in [2.45, 2.75) is 51.2 Å². The molecule has 1 aliphatic heterocycles. The molecule has 5 rings (SSSR count). The number of hydrogen-bond acceptors (Lipinski definition) is 7. The average Bonchev–Trinajstić information content (AvgIpc) is 3.52. The molecule has 9 nitrogen and oxygen atoms in total. The molecule has 0 spiro atoms. The Kier molecular flexibility index (Phi) is 5.94. The van der Waals surface area contributed by atoms with Crippen LogP contribution in [0.1, 0.15) is 45.2 Å². The van der Waals surface area contributed by atoms with Crippen molar-refractivity contribution in [1.29, 1.82) is 0 Å². The number of nitrogens with zero attached hydrogens (tertiary/aromatic N) is 8. The molecule has 1 fully saturated rings. The molecule has 1 aliphatic carbocycles. The number of hydrogen-bond donors (Lipinski definition) is 1. The Bertz CT molecular complexity index is 1230. The van der Waals surface area contributed by atoms with Gasteiger partial charge in [0.15, 0.2) is 17.5 Å². The van der Waals surface area contributed by atoms with Gasteiger partial charge in [-0.15, -0.1) is 5.10 Å². The molecule has 2 N–H and O–H groups in total. The van der Waals surface area contributed by atoms with Gasteiger partial charge in [0, 0.05) is 42.7 Å². The molecular weight excluding hydrogens is 440 g/mol.